The summed E-state index contributed by atoms with van der Waals surface area (Å²) in [6, 6.07) is 4.06. The van der Waals surface area contributed by atoms with Crippen molar-refractivity contribution in [2.24, 2.45) is 0 Å². The quantitative estimate of drug-likeness (QED) is 0.519. The number of aromatic hydroxyl groups is 2. The summed E-state index contributed by atoms with van der Waals surface area (Å²) in [7, 11) is 0. The first-order valence-corrected chi connectivity index (χ1v) is 3.70. The second kappa shape index (κ2) is 3.26. The van der Waals surface area contributed by atoms with Crippen LogP contribution in [0.25, 0.3) is 0 Å². The molecule has 0 aliphatic heterocycles. The van der Waals surface area contributed by atoms with Crippen molar-refractivity contribution in [1.82, 2.24) is 0 Å². The normalized spacial score (nSPS) is 9.75. The Labute approximate surface area is 70.3 Å². The Kier molecular flexibility index (Phi) is 2.33. The minimum absolute atomic E-state index is 0.0506. The minimum atomic E-state index is -0.255. The minimum Gasteiger partial charge on any atom is -0.504 e. The number of hydrogen-bond donors (Lipinski definition) is 2. The van der Waals surface area contributed by atoms with Crippen molar-refractivity contribution in [1.29, 1.82) is 0 Å². The van der Waals surface area contributed by atoms with Gasteiger partial charge in [-0.15, -0.1) is 0 Å². The third-order valence-electron chi connectivity index (χ3n) is 1.62. The van der Waals surface area contributed by atoms with Gasteiger partial charge in [0.25, 0.3) is 0 Å². The van der Waals surface area contributed by atoms with Gasteiger partial charge in [0.2, 0.25) is 0 Å². The Morgan fingerprint density at radius 2 is 2.00 bits per heavy atom. The topological polar surface area (TPSA) is 57.5 Å². The number of phenols is 2. The summed E-state index contributed by atoms with van der Waals surface area (Å²) in [5.74, 6) is -0.512. The molecule has 0 radical (unpaired) electrons. The van der Waals surface area contributed by atoms with Gasteiger partial charge < -0.3 is 10.2 Å². The van der Waals surface area contributed by atoms with Gasteiger partial charge in [0.15, 0.2) is 17.3 Å². The van der Waals surface area contributed by atoms with E-state index in [0.29, 0.717) is 12.0 Å². The fourth-order valence-electron chi connectivity index (χ4n) is 0.901. The highest BCUT2D eigenvalue weighted by atomic mass is 16.3. The molecule has 1 aromatic carbocycles. The van der Waals surface area contributed by atoms with E-state index < -0.39 is 0 Å². The summed E-state index contributed by atoms with van der Waals surface area (Å²) in [6.45, 7) is 1.74. The molecular weight excluding hydrogens is 156 g/mol. The molecule has 1 rings (SSSR count). The zero-order valence-corrected chi connectivity index (χ0v) is 6.74. The third kappa shape index (κ3) is 1.56. The first-order chi connectivity index (χ1) is 5.65. The predicted molar refractivity (Wildman–Crippen MR) is 44.4 cm³/mol. The van der Waals surface area contributed by atoms with E-state index in [1.807, 2.05) is 0 Å². The van der Waals surface area contributed by atoms with Gasteiger partial charge in [-0.3, -0.25) is 4.79 Å². The number of carbonyl (C=O) groups excluding carboxylic acids is 1. The second-order valence-electron chi connectivity index (χ2n) is 2.48. The summed E-state index contributed by atoms with van der Waals surface area (Å²) in [6.07, 6.45) is 0.393. The van der Waals surface area contributed by atoms with Crippen molar-refractivity contribution in [2.45, 2.75) is 13.3 Å². The first kappa shape index (κ1) is 8.59. The third-order valence-corrected chi connectivity index (χ3v) is 1.62. The van der Waals surface area contributed by atoms with Crippen molar-refractivity contribution < 1.29 is 15.0 Å². The molecule has 64 valence electrons. The number of benzene rings is 1. The molecule has 0 atom stereocenters. The standard InChI is InChI=1S/C9H10O3/c1-2-7(10)6-3-4-8(11)9(12)5-6/h3-5,11-12H,2H2,1H3. The smallest absolute Gasteiger partial charge is 0.162 e. The molecule has 2 N–H and O–H groups in total. The summed E-state index contributed by atoms with van der Waals surface area (Å²) in [5, 5.41) is 18.0. The van der Waals surface area contributed by atoms with Crippen LogP contribution in [0.3, 0.4) is 0 Å². The highest BCUT2D eigenvalue weighted by molar-refractivity contribution is 5.96. The predicted octanol–water partition coefficient (Wildman–Crippen LogP) is 1.69. The van der Waals surface area contributed by atoms with Gasteiger partial charge in [-0.2, -0.15) is 0 Å². The van der Waals surface area contributed by atoms with Crippen LogP contribution >= 0.6 is 0 Å². The fourth-order valence-corrected chi connectivity index (χ4v) is 0.901. The summed E-state index contributed by atoms with van der Waals surface area (Å²) < 4.78 is 0. The molecule has 0 aromatic heterocycles. The number of carbonyl (C=O) groups is 1. The maximum absolute atomic E-state index is 11.1. The Hall–Kier alpha value is -1.51. The molecule has 0 saturated heterocycles. The highest BCUT2D eigenvalue weighted by Gasteiger charge is 2.05. The van der Waals surface area contributed by atoms with Crippen LogP contribution in [0.2, 0.25) is 0 Å². The van der Waals surface area contributed by atoms with Gasteiger partial charge in [-0.1, -0.05) is 6.92 Å². The number of hydrogen-bond acceptors (Lipinski definition) is 3. The number of Topliss-reactive ketones (excluding diaryl/α,β-unsaturated/α-hetero) is 1. The molecule has 1 aromatic rings. The fraction of sp³-hybridized carbons (Fsp3) is 0.222. The van der Waals surface area contributed by atoms with Crippen LogP contribution in [0.4, 0.5) is 0 Å². The monoisotopic (exact) mass is 166 g/mol. The molecule has 12 heavy (non-hydrogen) atoms. The molecule has 3 heteroatoms. The van der Waals surface area contributed by atoms with E-state index in [1.165, 1.54) is 18.2 Å². The molecule has 0 heterocycles. The molecule has 0 saturated carbocycles. The second-order valence-corrected chi connectivity index (χ2v) is 2.48. The Bertz CT molecular complexity index is 305. The van der Waals surface area contributed by atoms with Gasteiger partial charge in [-0.05, 0) is 18.2 Å². The van der Waals surface area contributed by atoms with Crippen LogP contribution in [-0.2, 0) is 0 Å². The van der Waals surface area contributed by atoms with Crippen LogP contribution in [0.5, 0.6) is 11.5 Å². The SMILES string of the molecule is CCC(=O)c1ccc(O)c(O)c1. The summed E-state index contributed by atoms with van der Waals surface area (Å²) in [5.41, 5.74) is 0.424. The van der Waals surface area contributed by atoms with E-state index in [4.69, 9.17) is 10.2 Å². The molecule has 0 spiro atoms. The summed E-state index contributed by atoms with van der Waals surface area (Å²) in [4.78, 5) is 11.1. The first-order valence-electron chi connectivity index (χ1n) is 3.70. The van der Waals surface area contributed by atoms with E-state index in [1.54, 1.807) is 6.92 Å². The van der Waals surface area contributed by atoms with Crippen LogP contribution in [0, 0.1) is 0 Å². The molecule has 0 bridgehead atoms. The lowest BCUT2D eigenvalue weighted by molar-refractivity contribution is 0.0988. The van der Waals surface area contributed by atoms with E-state index in [9.17, 15) is 4.79 Å². The van der Waals surface area contributed by atoms with Gasteiger partial charge >= 0.3 is 0 Å². The van der Waals surface area contributed by atoms with Crippen LogP contribution < -0.4 is 0 Å². The largest absolute Gasteiger partial charge is 0.504 e. The number of rotatable bonds is 2. The van der Waals surface area contributed by atoms with E-state index in [-0.39, 0.29) is 17.3 Å². The van der Waals surface area contributed by atoms with Gasteiger partial charge in [0.1, 0.15) is 0 Å². The Balaban J connectivity index is 3.05. The van der Waals surface area contributed by atoms with Crippen molar-refractivity contribution in [3.8, 4) is 11.5 Å². The maximum atomic E-state index is 11.1. The van der Waals surface area contributed by atoms with Crippen molar-refractivity contribution in [3.63, 3.8) is 0 Å². The average Bonchev–Trinajstić information content (AvgIpc) is 2.08. The van der Waals surface area contributed by atoms with Crippen LogP contribution in [0.1, 0.15) is 23.7 Å². The van der Waals surface area contributed by atoms with Crippen LogP contribution in [0.15, 0.2) is 18.2 Å². The Morgan fingerprint density at radius 1 is 1.33 bits per heavy atom. The lowest BCUT2D eigenvalue weighted by Gasteiger charge is -2.00. The lowest BCUT2D eigenvalue weighted by Crippen LogP contribution is -1.95. The van der Waals surface area contributed by atoms with E-state index in [0.717, 1.165) is 0 Å². The van der Waals surface area contributed by atoms with Gasteiger partial charge in [-0.25, -0.2) is 0 Å². The molecule has 0 amide bonds. The highest BCUT2D eigenvalue weighted by Crippen LogP contribution is 2.25. The zero-order valence-electron chi connectivity index (χ0n) is 6.74. The van der Waals surface area contributed by atoms with Gasteiger partial charge in [0.05, 0.1) is 0 Å². The van der Waals surface area contributed by atoms with E-state index in [2.05, 4.69) is 0 Å². The number of phenolic OH excluding ortho intramolecular Hbond substituents is 2. The van der Waals surface area contributed by atoms with Gasteiger partial charge in [0, 0.05) is 12.0 Å². The maximum Gasteiger partial charge on any atom is 0.162 e. The lowest BCUT2D eigenvalue weighted by atomic mass is 10.1. The molecule has 0 aliphatic carbocycles. The molecule has 3 nitrogen and oxygen atoms in total. The van der Waals surface area contributed by atoms with Crippen molar-refractivity contribution in [3.05, 3.63) is 23.8 Å². The van der Waals surface area contributed by atoms with Crippen molar-refractivity contribution >= 4 is 5.78 Å². The Morgan fingerprint density at radius 3 is 2.50 bits per heavy atom. The molecule has 0 fully saturated rings. The molecular formula is C9H10O3. The number of ketones is 1. The summed E-state index contributed by atoms with van der Waals surface area (Å²) >= 11 is 0. The zero-order chi connectivity index (χ0) is 9.14. The molecule has 0 aliphatic rings. The molecule has 0 unspecified atom stereocenters. The van der Waals surface area contributed by atoms with E-state index >= 15 is 0 Å². The van der Waals surface area contributed by atoms with Crippen LogP contribution in [-0.4, -0.2) is 16.0 Å². The van der Waals surface area contributed by atoms with Crippen molar-refractivity contribution in [2.75, 3.05) is 0 Å². The average molecular weight is 166 g/mol.